The van der Waals surface area contributed by atoms with Crippen LogP contribution in [0.5, 0.6) is 0 Å². The zero-order valence-corrected chi connectivity index (χ0v) is 19.7. The second kappa shape index (κ2) is 8.89. The molecule has 36 heavy (non-hydrogen) atoms. The summed E-state index contributed by atoms with van der Waals surface area (Å²) in [5.41, 5.74) is 0.835. The summed E-state index contributed by atoms with van der Waals surface area (Å²) in [6.45, 7) is 0.207. The van der Waals surface area contributed by atoms with Gasteiger partial charge in [0.15, 0.2) is 0 Å². The molecule has 0 saturated carbocycles. The number of rotatable bonds is 4. The van der Waals surface area contributed by atoms with Gasteiger partial charge in [-0.15, -0.1) is 0 Å². The van der Waals surface area contributed by atoms with Crippen LogP contribution in [0, 0.1) is 17.5 Å². The molecule has 0 bridgehead atoms. The van der Waals surface area contributed by atoms with Crippen LogP contribution in [0.3, 0.4) is 0 Å². The minimum Gasteiger partial charge on any atom is -0.367 e. The van der Waals surface area contributed by atoms with Gasteiger partial charge in [-0.1, -0.05) is 0 Å². The number of hydrogen-bond acceptors (Lipinski definition) is 6. The molecule has 1 N–H and O–H groups in total. The van der Waals surface area contributed by atoms with Crippen molar-refractivity contribution < 1.29 is 36.0 Å². The van der Waals surface area contributed by atoms with Gasteiger partial charge in [0, 0.05) is 50.8 Å². The molecule has 2 aromatic rings. The average molecular weight is 523 g/mol. The SMILES string of the molecule is O=C1CCC(N2Cc3cc(N4CCN(S(=O)(=O)c5cc(F)cc(F)c5)CC4)c(F)cc3C2=O)C(=O)N1. The fourth-order valence-electron chi connectivity index (χ4n) is 4.81. The molecule has 3 heterocycles. The van der Waals surface area contributed by atoms with Crippen LogP contribution < -0.4 is 10.2 Å². The van der Waals surface area contributed by atoms with Gasteiger partial charge in [0.1, 0.15) is 23.5 Å². The highest BCUT2D eigenvalue weighted by molar-refractivity contribution is 7.89. The molecule has 9 nitrogen and oxygen atoms in total. The largest absolute Gasteiger partial charge is 0.367 e. The van der Waals surface area contributed by atoms with E-state index in [2.05, 4.69) is 5.32 Å². The van der Waals surface area contributed by atoms with E-state index in [-0.39, 0.29) is 56.8 Å². The minimum atomic E-state index is -4.15. The second-order valence-corrected chi connectivity index (χ2v) is 10.8. The van der Waals surface area contributed by atoms with E-state index in [1.165, 1.54) is 11.0 Å². The van der Waals surface area contributed by atoms with Crippen LogP contribution in [-0.2, 0) is 26.2 Å². The van der Waals surface area contributed by atoms with Crippen LogP contribution in [0.1, 0.15) is 28.8 Å². The van der Waals surface area contributed by atoms with E-state index in [1.54, 1.807) is 4.90 Å². The number of amides is 3. The first-order valence-corrected chi connectivity index (χ1v) is 12.7. The van der Waals surface area contributed by atoms with Gasteiger partial charge < -0.3 is 9.80 Å². The first-order valence-electron chi connectivity index (χ1n) is 11.2. The summed E-state index contributed by atoms with van der Waals surface area (Å²) in [7, 11) is -4.15. The number of carbonyl (C=O) groups is 3. The third-order valence-corrected chi connectivity index (χ3v) is 8.52. The van der Waals surface area contributed by atoms with E-state index >= 15 is 4.39 Å². The number of anilines is 1. The first-order chi connectivity index (χ1) is 17.0. The van der Waals surface area contributed by atoms with Gasteiger partial charge in [-0.2, -0.15) is 4.31 Å². The number of piperidine rings is 1. The topological polar surface area (TPSA) is 107 Å². The minimum absolute atomic E-state index is 0.0433. The predicted octanol–water partition coefficient (Wildman–Crippen LogP) is 1.38. The van der Waals surface area contributed by atoms with Gasteiger partial charge >= 0.3 is 0 Å². The lowest BCUT2D eigenvalue weighted by Gasteiger charge is -2.35. The molecule has 0 aromatic heterocycles. The Bertz CT molecular complexity index is 1370. The lowest BCUT2D eigenvalue weighted by atomic mass is 10.0. The van der Waals surface area contributed by atoms with Crippen molar-refractivity contribution in [3.63, 3.8) is 0 Å². The molecule has 2 fully saturated rings. The first kappa shape index (κ1) is 24.3. The number of piperazine rings is 1. The van der Waals surface area contributed by atoms with Crippen molar-refractivity contribution in [2.45, 2.75) is 30.3 Å². The number of benzene rings is 2. The van der Waals surface area contributed by atoms with Crippen LogP contribution in [-0.4, -0.2) is 67.6 Å². The van der Waals surface area contributed by atoms with Crippen molar-refractivity contribution in [3.05, 3.63) is 58.9 Å². The summed E-state index contributed by atoms with van der Waals surface area (Å²) in [5, 5.41) is 2.21. The number of sulfonamides is 1. The Kier molecular flexibility index (Phi) is 5.99. The Hall–Kier alpha value is -3.45. The van der Waals surface area contributed by atoms with Crippen LogP contribution >= 0.6 is 0 Å². The predicted molar refractivity (Wildman–Crippen MR) is 120 cm³/mol. The molecule has 190 valence electrons. The molecule has 1 unspecified atom stereocenters. The molecule has 3 aliphatic heterocycles. The summed E-state index contributed by atoms with van der Waals surface area (Å²) in [4.78, 5) is 39.0. The van der Waals surface area contributed by atoms with E-state index in [1.807, 2.05) is 0 Å². The van der Waals surface area contributed by atoms with Crippen molar-refractivity contribution >= 4 is 33.4 Å². The molecule has 13 heteroatoms. The number of hydrogen-bond donors (Lipinski definition) is 1. The maximum Gasteiger partial charge on any atom is 0.255 e. The van der Waals surface area contributed by atoms with E-state index in [4.69, 9.17) is 0 Å². The monoisotopic (exact) mass is 522 g/mol. The quantitative estimate of drug-likeness (QED) is 0.608. The van der Waals surface area contributed by atoms with Crippen molar-refractivity contribution in [3.8, 4) is 0 Å². The third-order valence-electron chi connectivity index (χ3n) is 6.64. The normalized spacial score (nSPS) is 21.1. The van der Waals surface area contributed by atoms with Gasteiger partial charge in [-0.3, -0.25) is 19.7 Å². The van der Waals surface area contributed by atoms with Gasteiger partial charge in [0.25, 0.3) is 5.91 Å². The van der Waals surface area contributed by atoms with E-state index in [0.29, 0.717) is 11.6 Å². The fourth-order valence-corrected chi connectivity index (χ4v) is 6.28. The van der Waals surface area contributed by atoms with Crippen molar-refractivity contribution in [1.29, 1.82) is 0 Å². The summed E-state index contributed by atoms with van der Waals surface area (Å²) in [5.74, 6) is -4.15. The Labute approximate surface area is 204 Å². The molecular formula is C23H21F3N4O5S. The molecule has 1 atom stereocenters. The molecule has 2 saturated heterocycles. The number of imide groups is 1. The van der Waals surface area contributed by atoms with Crippen molar-refractivity contribution in [2.24, 2.45) is 0 Å². The number of nitrogens with zero attached hydrogens (tertiary/aromatic N) is 3. The summed E-state index contributed by atoms with van der Waals surface area (Å²) in [6.07, 6.45) is 0.289. The summed E-state index contributed by atoms with van der Waals surface area (Å²) < 4.78 is 68.8. The van der Waals surface area contributed by atoms with E-state index in [0.717, 1.165) is 22.5 Å². The zero-order valence-electron chi connectivity index (χ0n) is 18.8. The van der Waals surface area contributed by atoms with Crippen LogP contribution in [0.4, 0.5) is 18.9 Å². The maximum absolute atomic E-state index is 15.0. The lowest BCUT2D eigenvalue weighted by Crippen LogP contribution is -2.52. The summed E-state index contributed by atoms with van der Waals surface area (Å²) in [6, 6.07) is 3.87. The fraction of sp³-hybridized carbons (Fsp3) is 0.348. The number of fused-ring (bicyclic) bond motifs is 1. The van der Waals surface area contributed by atoms with Gasteiger partial charge in [0.2, 0.25) is 21.8 Å². The van der Waals surface area contributed by atoms with Crippen molar-refractivity contribution in [1.82, 2.24) is 14.5 Å². The van der Waals surface area contributed by atoms with Crippen LogP contribution in [0.25, 0.3) is 0 Å². The van der Waals surface area contributed by atoms with E-state index < -0.39 is 56.1 Å². The molecule has 5 rings (SSSR count). The molecule has 2 aromatic carbocycles. The summed E-state index contributed by atoms with van der Waals surface area (Å²) >= 11 is 0. The van der Waals surface area contributed by atoms with Crippen LogP contribution in [0.15, 0.2) is 35.2 Å². The van der Waals surface area contributed by atoms with Gasteiger partial charge in [-0.25, -0.2) is 21.6 Å². The van der Waals surface area contributed by atoms with Crippen molar-refractivity contribution in [2.75, 3.05) is 31.1 Å². The third kappa shape index (κ3) is 4.22. The highest BCUT2D eigenvalue weighted by atomic mass is 32.2. The number of halogens is 3. The molecule has 0 spiro atoms. The highest BCUT2D eigenvalue weighted by Crippen LogP contribution is 2.33. The molecule has 0 radical (unpaired) electrons. The highest BCUT2D eigenvalue weighted by Gasteiger charge is 2.40. The van der Waals surface area contributed by atoms with Crippen LogP contribution in [0.2, 0.25) is 0 Å². The number of nitrogens with one attached hydrogen (secondary N) is 1. The van der Waals surface area contributed by atoms with Gasteiger partial charge in [-0.05, 0) is 36.2 Å². The molecular weight excluding hydrogens is 501 g/mol. The molecule has 3 amide bonds. The standard InChI is InChI=1S/C23H21F3N4O5S/c24-14-8-15(25)10-16(9-14)36(34,35)29-5-3-28(4-6-29)20-7-13-12-30(23(33)17(13)11-18(20)26)19-1-2-21(31)27-22(19)32/h7-11,19H,1-6,12H2,(H,27,31,32). The zero-order chi connectivity index (χ0) is 25.8. The van der Waals surface area contributed by atoms with Gasteiger partial charge in [0.05, 0.1) is 10.6 Å². The Balaban J connectivity index is 1.32. The lowest BCUT2D eigenvalue weighted by molar-refractivity contribution is -0.136. The Morgan fingerprint density at radius 2 is 1.56 bits per heavy atom. The van der Waals surface area contributed by atoms with E-state index in [9.17, 15) is 31.6 Å². The number of carbonyl (C=O) groups excluding carboxylic acids is 3. The average Bonchev–Trinajstić information content (AvgIpc) is 3.13. The smallest absolute Gasteiger partial charge is 0.255 e. The maximum atomic E-state index is 15.0. The molecule has 3 aliphatic rings. The Morgan fingerprint density at radius 3 is 2.19 bits per heavy atom. The second-order valence-electron chi connectivity index (χ2n) is 8.86. The Morgan fingerprint density at radius 1 is 0.889 bits per heavy atom. The molecule has 0 aliphatic carbocycles.